The van der Waals surface area contributed by atoms with Crippen molar-refractivity contribution in [3.8, 4) is 0 Å². The summed E-state index contributed by atoms with van der Waals surface area (Å²) in [5.74, 6) is -1.14. The number of carbonyl (C=O) groups is 2. The molecule has 2 N–H and O–H groups in total. The van der Waals surface area contributed by atoms with Gasteiger partial charge in [-0.1, -0.05) is 0 Å². The molecule has 1 heterocycles. The lowest BCUT2D eigenvalue weighted by Gasteiger charge is -2.32. The number of nitrogens with one attached hydrogen (secondary N) is 1. The normalized spacial score (nSPS) is 23.6. The zero-order valence-corrected chi connectivity index (χ0v) is 9.71. The summed E-state index contributed by atoms with van der Waals surface area (Å²) in [6.07, 6.45) is 1.09. The maximum Gasteiger partial charge on any atom is 0.306 e. The van der Waals surface area contributed by atoms with Crippen LogP contribution in [0.5, 0.6) is 0 Å². The van der Waals surface area contributed by atoms with Gasteiger partial charge in [0.15, 0.2) is 0 Å². The molecule has 0 bridgehead atoms. The van der Waals surface area contributed by atoms with E-state index in [4.69, 9.17) is 5.11 Å². The molecular weight excluding hydrogens is 226 g/mol. The molecule has 0 saturated heterocycles. The molecule has 0 atom stereocenters. The van der Waals surface area contributed by atoms with Gasteiger partial charge in [0.25, 0.3) is 5.91 Å². The van der Waals surface area contributed by atoms with E-state index < -0.39 is 5.97 Å². The largest absolute Gasteiger partial charge is 0.481 e. The summed E-state index contributed by atoms with van der Waals surface area (Å²) in [6.45, 7) is 1.95. The number of hydrogen-bond acceptors (Lipinski definition) is 3. The van der Waals surface area contributed by atoms with Gasteiger partial charge in [0.2, 0.25) is 0 Å². The van der Waals surface area contributed by atoms with Crippen molar-refractivity contribution in [3.63, 3.8) is 0 Å². The van der Waals surface area contributed by atoms with E-state index in [0.29, 0.717) is 17.7 Å². The summed E-state index contributed by atoms with van der Waals surface area (Å²) in [7, 11) is 0. The number of hydrogen-bond donors (Lipinski definition) is 2. The number of rotatable bonds is 3. The molecule has 1 aliphatic rings. The Labute approximate surface area is 97.3 Å². The Bertz CT molecular complexity index is 421. The van der Waals surface area contributed by atoms with Crippen LogP contribution in [0.15, 0.2) is 12.1 Å². The smallest absolute Gasteiger partial charge is 0.306 e. The lowest BCUT2D eigenvalue weighted by Crippen LogP contribution is -2.46. The average Bonchev–Trinajstić information content (AvgIpc) is 2.56. The Morgan fingerprint density at radius 3 is 2.62 bits per heavy atom. The third-order valence-electron chi connectivity index (χ3n) is 2.79. The van der Waals surface area contributed by atoms with Crippen LogP contribution >= 0.6 is 11.3 Å². The van der Waals surface area contributed by atoms with Gasteiger partial charge in [0.05, 0.1) is 10.8 Å². The quantitative estimate of drug-likeness (QED) is 0.842. The van der Waals surface area contributed by atoms with Gasteiger partial charge in [0.1, 0.15) is 0 Å². The van der Waals surface area contributed by atoms with Crippen molar-refractivity contribution in [1.29, 1.82) is 0 Å². The van der Waals surface area contributed by atoms with Crippen molar-refractivity contribution in [2.75, 3.05) is 0 Å². The predicted octanol–water partition coefficient (Wildman–Crippen LogP) is 1.65. The Hall–Kier alpha value is -1.36. The van der Waals surface area contributed by atoms with Crippen LogP contribution in [0.2, 0.25) is 0 Å². The topological polar surface area (TPSA) is 66.4 Å². The predicted molar refractivity (Wildman–Crippen MR) is 60.7 cm³/mol. The Morgan fingerprint density at radius 2 is 2.12 bits per heavy atom. The van der Waals surface area contributed by atoms with Gasteiger partial charge >= 0.3 is 5.97 Å². The van der Waals surface area contributed by atoms with Gasteiger partial charge < -0.3 is 10.4 Å². The van der Waals surface area contributed by atoms with E-state index in [1.165, 1.54) is 11.3 Å². The Balaban J connectivity index is 1.84. The zero-order chi connectivity index (χ0) is 11.7. The van der Waals surface area contributed by atoms with E-state index in [1.54, 1.807) is 6.07 Å². The molecule has 0 unspecified atom stereocenters. The first-order valence-electron chi connectivity index (χ1n) is 5.16. The van der Waals surface area contributed by atoms with Crippen LogP contribution in [-0.2, 0) is 4.79 Å². The molecule has 1 saturated carbocycles. The van der Waals surface area contributed by atoms with E-state index in [-0.39, 0.29) is 17.9 Å². The highest BCUT2D eigenvalue weighted by molar-refractivity contribution is 7.13. The van der Waals surface area contributed by atoms with E-state index in [0.717, 1.165) is 4.88 Å². The minimum atomic E-state index is -0.766. The van der Waals surface area contributed by atoms with Gasteiger partial charge in [0, 0.05) is 10.9 Å². The standard InChI is InChI=1S/C11H13NO3S/c1-6-2-3-9(16-6)10(13)12-8-4-7(5-8)11(14)15/h2-3,7-8H,4-5H2,1H3,(H,12,13)(H,14,15). The van der Waals surface area contributed by atoms with E-state index >= 15 is 0 Å². The molecule has 16 heavy (non-hydrogen) atoms. The Morgan fingerprint density at radius 1 is 1.44 bits per heavy atom. The molecular formula is C11H13NO3S. The first-order valence-corrected chi connectivity index (χ1v) is 5.98. The second-order valence-electron chi connectivity index (χ2n) is 4.09. The summed E-state index contributed by atoms with van der Waals surface area (Å²) in [5, 5.41) is 11.5. The second kappa shape index (κ2) is 4.25. The SMILES string of the molecule is Cc1ccc(C(=O)NC2CC(C(=O)O)C2)s1. The molecule has 0 radical (unpaired) electrons. The van der Waals surface area contributed by atoms with Crippen molar-refractivity contribution in [2.45, 2.75) is 25.8 Å². The lowest BCUT2D eigenvalue weighted by atomic mass is 9.80. The highest BCUT2D eigenvalue weighted by Gasteiger charge is 2.35. The number of amides is 1. The van der Waals surface area contributed by atoms with Crippen LogP contribution < -0.4 is 5.32 Å². The number of thiophene rings is 1. The summed E-state index contributed by atoms with van der Waals surface area (Å²) < 4.78 is 0. The maximum atomic E-state index is 11.7. The summed E-state index contributed by atoms with van der Waals surface area (Å²) >= 11 is 1.45. The van der Waals surface area contributed by atoms with E-state index in [1.807, 2.05) is 13.0 Å². The molecule has 4 nitrogen and oxygen atoms in total. The van der Waals surface area contributed by atoms with Gasteiger partial charge in [-0.3, -0.25) is 9.59 Å². The third kappa shape index (κ3) is 2.24. The van der Waals surface area contributed by atoms with Gasteiger partial charge in [-0.2, -0.15) is 0 Å². The molecule has 1 amide bonds. The highest BCUT2D eigenvalue weighted by atomic mass is 32.1. The van der Waals surface area contributed by atoms with E-state index in [2.05, 4.69) is 5.32 Å². The van der Waals surface area contributed by atoms with Gasteiger partial charge in [-0.15, -0.1) is 11.3 Å². The molecule has 0 aliphatic heterocycles. The molecule has 1 fully saturated rings. The van der Waals surface area contributed by atoms with Crippen LogP contribution in [0.25, 0.3) is 0 Å². The third-order valence-corrected chi connectivity index (χ3v) is 3.79. The first kappa shape index (κ1) is 11.1. The monoisotopic (exact) mass is 239 g/mol. The molecule has 0 spiro atoms. The van der Waals surface area contributed by atoms with Crippen molar-refractivity contribution in [2.24, 2.45) is 5.92 Å². The molecule has 1 aromatic rings. The van der Waals surface area contributed by atoms with Crippen molar-refractivity contribution in [3.05, 3.63) is 21.9 Å². The van der Waals surface area contributed by atoms with Crippen molar-refractivity contribution in [1.82, 2.24) is 5.32 Å². The van der Waals surface area contributed by atoms with Gasteiger partial charge in [-0.25, -0.2) is 0 Å². The van der Waals surface area contributed by atoms with Crippen molar-refractivity contribution >= 4 is 23.2 Å². The first-order chi connectivity index (χ1) is 7.56. The molecule has 1 aromatic heterocycles. The number of aliphatic carboxylic acids is 1. The molecule has 5 heteroatoms. The van der Waals surface area contributed by atoms with Crippen molar-refractivity contribution < 1.29 is 14.7 Å². The van der Waals surface area contributed by atoms with Crippen LogP contribution in [0, 0.1) is 12.8 Å². The summed E-state index contributed by atoms with van der Waals surface area (Å²) in [6, 6.07) is 3.72. The highest BCUT2D eigenvalue weighted by Crippen LogP contribution is 2.28. The van der Waals surface area contributed by atoms with E-state index in [9.17, 15) is 9.59 Å². The fourth-order valence-corrected chi connectivity index (χ4v) is 2.52. The lowest BCUT2D eigenvalue weighted by molar-refractivity contribution is -0.145. The minimum absolute atomic E-state index is 0.0241. The van der Waals surface area contributed by atoms with Crippen LogP contribution in [0.1, 0.15) is 27.4 Å². The van der Waals surface area contributed by atoms with Gasteiger partial charge in [-0.05, 0) is 31.9 Å². The average molecular weight is 239 g/mol. The number of carboxylic acid groups (broad SMARTS) is 1. The minimum Gasteiger partial charge on any atom is -0.481 e. The summed E-state index contributed by atoms with van der Waals surface area (Å²) in [5.41, 5.74) is 0. The number of carbonyl (C=O) groups excluding carboxylic acids is 1. The number of carboxylic acids is 1. The molecule has 0 aromatic carbocycles. The maximum absolute atomic E-state index is 11.7. The summed E-state index contributed by atoms with van der Waals surface area (Å²) in [4.78, 5) is 24.1. The Kier molecular flexibility index (Phi) is 2.96. The number of aryl methyl sites for hydroxylation is 1. The zero-order valence-electron chi connectivity index (χ0n) is 8.90. The fraction of sp³-hybridized carbons (Fsp3) is 0.455. The van der Waals surface area contributed by atoms with Crippen LogP contribution in [0.3, 0.4) is 0 Å². The molecule has 86 valence electrons. The molecule has 1 aliphatic carbocycles. The molecule has 2 rings (SSSR count). The van der Waals surface area contributed by atoms with Crippen LogP contribution in [0.4, 0.5) is 0 Å². The second-order valence-corrected chi connectivity index (χ2v) is 5.38. The fourth-order valence-electron chi connectivity index (χ4n) is 1.75. The van der Waals surface area contributed by atoms with Crippen LogP contribution in [-0.4, -0.2) is 23.0 Å².